The van der Waals surface area contributed by atoms with E-state index < -0.39 is 0 Å². The number of aromatic amines is 1. The van der Waals surface area contributed by atoms with Gasteiger partial charge in [0.2, 0.25) is 0 Å². The number of nitrogens with one attached hydrogen (secondary N) is 1. The van der Waals surface area contributed by atoms with E-state index in [9.17, 15) is 4.79 Å². The largest absolute Gasteiger partial charge is 0.336 e. The maximum atomic E-state index is 11.2. The maximum Gasteiger partial charge on any atom is 0.254 e. The topological polar surface area (TPSA) is 37.8 Å². The number of nitrogens with zero attached hydrogens (tertiary/aromatic N) is 1. The van der Waals surface area contributed by atoms with Gasteiger partial charge in [-0.05, 0) is 26.1 Å². The lowest BCUT2D eigenvalue weighted by atomic mass is 10.4. The summed E-state index contributed by atoms with van der Waals surface area (Å²) in [6, 6.07) is 1.54. The fraction of sp³-hybridized carbons (Fsp3) is 0.429. The highest BCUT2D eigenvalue weighted by Gasteiger charge is 1.94. The van der Waals surface area contributed by atoms with Gasteiger partial charge >= 0.3 is 0 Å². The number of hydrogen-bond acceptors (Lipinski definition) is 2. The van der Waals surface area contributed by atoms with Crippen LogP contribution in [0.5, 0.6) is 0 Å². The second kappa shape index (κ2) is 3.00. The van der Waals surface area contributed by atoms with Gasteiger partial charge in [0.05, 0.1) is 0 Å². The summed E-state index contributed by atoms with van der Waals surface area (Å²) in [4.78, 5) is 14.1. The summed E-state index contributed by atoms with van der Waals surface area (Å²) >= 11 is 4.93. The van der Waals surface area contributed by atoms with E-state index in [1.54, 1.807) is 6.07 Å². The van der Waals surface area contributed by atoms with E-state index in [0.717, 1.165) is 5.69 Å². The summed E-state index contributed by atoms with van der Waals surface area (Å²) < 4.78 is 2.01. The van der Waals surface area contributed by atoms with Gasteiger partial charge in [0, 0.05) is 18.3 Å². The second-order valence-corrected chi connectivity index (χ2v) is 2.73. The molecule has 60 valence electrons. The molecule has 1 aromatic rings. The zero-order valence-corrected chi connectivity index (χ0v) is 7.36. The van der Waals surface area contributed by atoms with Gasteiger partial charge in [0.15, 0.2) is 4.77 Å². The molecular weight excluding hydrogens is 160 g/mol. The Bertz CT molecular complexity index is 332. The van der Waals surface area contributed by atoms with Crippen molar-refractivity contribution in [2.24, 2.45) is 0 Å². The van der Waals surface area contributed by atoms with Gasteiger partial charge in [-0.1, -0.05) is 0 Å². The minimum atomic E-state index is -0.0336. The molecule has 0 aliphatic carbocycles. The monoisotopic (exact) mass is 170 g/mol. The first-order valence-electron chi connectivity index (χ1n) is 3.46. The molecule has 0 atom stereocenters. The van der Waals surface area contributed by atoms with Crippen molar-refractivity contribution in [1.82, 2.24) is 9.55 Å². The van der Waals surface area contributed by atoms with E-state index >= 15 is 0 Å². The van der Waals surface area contributed by atoms with Gasteiger partial charge in [-0.15, -0.1) is 0 Å². The van der Waals surface area contributed by atoms with Crippen LogP contribution in [0.1, 0.15) is 12.6 Å². The van der Waals surface area contributed by atoms with Gasteiger partial charge < -0.3 is 4.98 Å². The van der Waals surface area contributed by atoms with Crippen molar-refractivity contribution < 1.29 is 0 Å². The van der Waals surface area contributed by atoms with Gasteiger partial charge in [0.25, 0.3) is 5.56 Å². The summed E-state index contributed by atoms with van der Waals surface area (Å²) in [5.74, 6) is 0. The van der Waals surface area contributed by atoms with Crippen LogP contribution < -0.4 is 5.56 Å². The van der Waals surface area contributed by atoms with Gasteiger partial charge in [-0.2, -0.15) is 0 Å². The Hall–Kier alpha value is -0.900. The quantitative estimate of drug-likeness (QED) is 0.644. The van der Waals surface area contributed by atoms with Crippen molar-refractivity contribution in [2.45, 2.75) is 20.4 Å². The summed E-state index contributed by atoms with van der Waals surface area (Å²) in [6.07, 6.45) is 0. The van der Waals surface area contributed by atoms with Gasteiger partial charge in [-0.25, -0.2) is 0 Å². The minimum Gasteiger partial charge on any atom is -0.336 e. The lowest BCUT2D eigenvalue weighted by Gasteiger charge is -2.01. The van der Waals surface area contributed by atoms with Crippen LogP contribution in [0.3, 0.4) is 0 Å². The first-order valence-corrected chi connectivity index (χ1v) is 3.86. The van der Waals surface area contributed by atoms with Crippen molar-refractivity contribution in [1.29, 1.82) is 0 Å². The third-order valence-electron chi connectivity index (χ3n) is 1.47. The summed E-state index contributed by atoms with van der Waals surface area (Å²) in [5.41, 5.74) is 0.776. The SMILES string of the molecule is CCn1c(=O)cc(C)[nH]c1=S. The first-order chi connectivity index (χ1) is 5.15. The molecule has 1 heterocycles. The molecule has 0 aliphatic heterocycles. The van der Waals surface area contributed by atoms with Gasteiger partial charge in [0.1, 0.15) is 0 Å². The van der Waals surface area contributed by atoms with Crippen LogP contribution in [0.25, 0.3) is 0 Å². The number of rotatable bonds is 1. The molecule has 4 heteroatoms. The number of hydrogen-bond donors (Lipinski definition) is 1. The molecule has 11 heavy (non-hydrogen) atoms. The van der Waals surface area contributed by atoms with E-state index in [2.05, 4.69) is 4.98 Å². The van der Waals surface area contributed by atoms with Gasteiger partial charge in [-0.3, -0.25) is 9.36 Å². The standard InChI is InChI=1S/C7H10N2OS/c1-3-9-6(10)4-5(2)8-7(9)11/h4H,3H2,1-2H3,(H,8,11). The van der Waals surface area contributed by atoms with E-state index in [1.165, 1.54) is 4.57 Å². The van der Waals surface area contributed by atoms with Crippen LogP contribution in [0.15, 0.2) is 10.9 Å². The molecule has 0 saturated heterocycles. The second-order valence-electron chi connectivity index (χ2n) is 2.34. The Morgan fingerprint density at radius 3 is 2.82 bits per heavy atom. The fourth-order valence-corrected chi connectivity index (χ4v) is 1.31. The van der Waals surface area contributed by atoms with E-state index in [-0.39, 0.29) is 5.56 Å². The van der Waals surface area contributed by atoms with Crippen molar-refractivity contribution in [3.63, 3.8) is 0 Å². The Morgan fingerprint density at radius 2 is 2.36 bits per heavy atom. The van der Waals surface area contributed by atoms with E-state index in [0.29, 0.717) is 11.3 Å². The molecule has 1 aromatic heterocycles. The third-order valence-corrected chi connectivity index (χ3v) is 1.79. The van der Waals surface area contributed by atoms with Crippen LogP contribution in [0.2, 0.25) is 0 Å². The van der Waals surface area contributed by atoms with Crippen LogP contribution in [0, 0.1) is 11.7 Å². The summed E-state index contributed by atoms with van der Waals surface area (Å²) in [5, 5.41) is 0. The molecule has 0 aromatic carbocycles. The van der Waals surface area contributed by atoms with E-state index in [4.69, 9.17) is 12.2 Å². The zero-order valence-electron chi connectivity index (χ0n) is 6.55. The Balaban J connectivity index is 3.50. The molecule has 0 amide bonds. The molecule has 1 N–H and O–H groups in total. The lowest BCUT2D eigenvalue weighted by molar-refractivity contribution is 0.688. The molecule has 0 bridgehead atoms. The highest BCUT2D eigenvalue weighted by molar-refractivity contribution is 7.71. The average molecular weight is 170 g/mol. The predicted molar refractivity (Wildman–Crippen MR) is 46.3 cm³/mol. The molecule has 0 spiro atoms. The summed E-state index contributed by atoms with van der Waals surface area (Å²) in [7, 11) is 0. The van der Waals surface area contributed by atoms with E-state index in [1.807, 2.05) is 13.8 Å². The van der Waals surface area contributed by atoms with Crippen molar-refractivity contribution in [2.75, 3.05) is 0 Å². The minimum absolute atomic E-state index is 0.0336. The lowest BCUT2D eigenvalue weighted by Crippen LogP contribution is -2.20. The Kier molecular flexibility index (Phi) is 2.24. The molecular formula is C7H10N2OS. The molecule has 0 fully saturated rings. The van der Waals surface area contributed by atoms with Crippen molar-refractivity contribution in [3.05, 3.63) is 26.9 Å². The Labute approximate surface area is 69.7 Å². The average Bonchev–Trinajstić information content (AvgIpc) is 1.85. The smallest absolute Gasteiger partial charge is 0.254 e. The molecule has 3 nitrogen and oxygen atoms in total. The predicted octanol–water partition coefficient (Wildman–Crippen LogP) is 1.23. The fourth-order valence-electron chi connectivity index (χ4n) is 0.935. The first kappa shape index (κ1) is 8.20. The molecule has 0 unspecified atom stereocenters. The number of aromatic nitrogens is 2. The van der Waals surface area contributed by atoms with Crippen LogP contribution in [0.4, 0.5) is 0 Å². The highest BCUT2D eigenvalue weighted by Crippen LogP contribution is 1.87. The highest BCUT2D eigenvalue weighted by atomic mass is 32.1. The summed E-state index contributed by atoms with van der Waals surface area (Å²) in [6.45, 7) is 4.33. The maximum absolute atomic E-state index is 11.2. The van der Waals surface area contributed by atoms with Crippen LogP contribution in [-0.4, -0.2) is 9.55 Å². The van der Waals surface area contributed by atoms with Crippen molar-refractivity contribution >= 4 is 12.2 Å². The van der Waals surface area contributed by atoms with Crippen LogP contribution >= 0.6 is 12.2 Å². The number of H-pyrrole nitrogens is 1. The third kappa shape index (κ3) is 1.57. The number of aryl methyl sites for hydroxylation is 1. The normalized spacial score (nSPS) is 10.0. The van der Waals surface area contributed by atoms with Crippen LogP contribution in [-0.2, 0) is 6.54 Å². The molecule has 0 saturated carbocycles. The Morgan fingerprint density at radius 1 is 1.73 bits per heavy atom. The van der Waals surface area contributed by atoms with Crippen molar-refractivity contribution in [3.8, 4) is 0 Å². The molecule has 0 radical (unpaired) electrons. The molecule has 1 rings (SSSR count). The zero-order chi connectivity index (χ0) is 8.43. The molecule has 0 aliphatic rings.